The highest BCUT2D eigenvalue weighted by Crippen LogP contribution is 2.02. The first-order chi connectivity index (χ1) is 8.00. The molecule has 1 aromatic carbocycles. The van der Waals surface area contributed by atoms with Crippen molar-refractivity contribution < 1.29 is 19.5 Å². The minimum absolute atomic E-state index is 0.0158. The second kappa shape index (κ2) is 5.79. The number of carboxylic acids is 1. The summed E-state index contributed by atoms with van der Waals surface area (Å²) in [6, 6.07) is 7.30. The van der Waals surface area contributed by atoms with Crippen LogP contribution in [0.4, 0.5) is 0 Å². The number of rotatable bonds is 5. The van der Waals surface area contributed by atoms with Crippen LogP contribution < -0.4 is 5.32 Å². The first kappa shape index (κ1) is 12.9. The molecule has 0 aliphatic rings. The van der Waals surface area contributed by atoms with Crippen molar-refractivity contribution in [3.63, 3.8) is 0 Å². The summed E-state index contributed by atoms with van der Waals surface area (Å²) >= 11 is 0. The van der Waals surface area contributed by atoms with Gasteiger partial charge in [0.15, 0.2) is 11.8 Å². The third kappa shape index (κ3) is 4.06. The lowest BCUT2D eigenvalue weighted by molar-refractivity contribution is -0.145. The van der Waals surface area contributed by atoms with Gasteiger partial charge >= 0.3 is 5.97 Å². The Labute approximate surface area is 98.4 Å². The number of hydrogen-bond donors (Lipinski definition) is 2. The Morgan fingerprint density at radius 1 is 1.24 bits per heavy atom. The molecule has 0 aromatic heterocycles. The molecule has 2 N–H and O–H groups in total. The van der Waals surface area contributed by atoms with Gasteiger partial charge in [-0.1, -0.05) is 30.3 Å². The van der Waals surface area contributed by atoms with Crippen LogP contribution in [-0.2, 0) is 20.8 Å². The molecule has 0 heterocycles. The summed E-state index contributed by atoms with van der Waals surface area (Å²) in [7, 11) is 0. The fourth-order valence-corrected chi connectivity index (χ4v) is 1.38. The lowest BCUT2D eigenvalue weighted by atomic mass is 10.0. The summed E-state index contributed by atoms with van der Waals surface area (Å²) in [5.41, 5.74) is 0.717. The molecule has 0 aliphatic heterocycles. The minimum Gasteiger partial charge on any atom is -0.479 e. The molecule has 0 saturated carbocycles. The predicted octanol–water partition coefficient (Wildman–Crippen LogP) is 0.387. The first-order valence-electron chi connectivity index (χ1n) is 5.07. The second-order valence-corrected chi connectivity index (χ2v) is 3.60. The van der Waals surface area contributed by atoms with Gasteiger partial charge in [-0.05, 0) is 5.56 Å². The number of hydrogen-bond acceptors (Lipinski definition) is 3. The quantitative estimate of drug-likeness (QED) is 0.723. The number of nitrogens with one attached hydrogen (secondary N) is 1. The number of carbonyl (C=O) groups is 3. The number of carbonyl (C=O) groups excluding carboxylic acids is 2. The molecule has 0 bridgehead atoms. The zero-order chi connectivity index (χ0) is 12.8. The maximum absolute atomic E-state index is 11.7. The number of aliphatic carboxylic acids is 1. The fraction of sp³-hybridized carbons (Fsp3) is 0.250. The third-order valence-electron chi connectivity index (χ3n) is 2.14. The Kier molecular flexibility index (Phi) is 4.39. The molecular formula is C12H13NO4. The van der Waals surface area contributed by atoms with Crippen LogP contribution in [0.15, 0.2) is 30.3 Å². The van der Waals surface area contributed by atoms with Crippen LogP contribution in [0.1, 0.15) is 12.5 Å². The van der Waals surface area contributed by atoms with Gasteiger partial charge in [-0.2, -0.15) is 0 Å². The number of Topliss-reactive ketones (excluding diaryl/α,β-unsaturated/α-hetero) is 1. The molecule has 1 rings (SSSR count). The van der Waals surface area contributed by atoms with E-state index >= 15 is 0 Å². The van der Waals surface area contributed by atoms with Crippen LogP contribution in [0.5, 0.6) is 0 Å². The van der Waals surface area contributed by atoms with E-state index in [4.69, 9.17) is 5.11 Å². The number of carboxylic acid groups (broad SMARTS) is 1. The van der Waals surface area contributed by atoms with E-state index in [1.165, 1.54) is 6.92 Å². The Morgan fingerprint density at radius 3 is 2.29 bits per heavy atom. The molecule has 90 valence electrons. The van der Waals surface area contributed by atoms with Crippen LogP contribution in [0, 0.1) is 0 Å². The molecule has 0 spiro atoms. The summed E-state index contributed by atoms with van der Waals surface area (Å²) in [6.45, 7) is 1.17. The molecule has 0 fully saturated rings. The molecule has 1 unspecified atom stereocenters. The molecule has 0 saturated heterocycles. The third-order valence-corrected chi connectivity index (χ3v) is 2.14. The highest BCUT2D eigenvalue weighted by molar-refractivity contribution is 6.05. The van der Waals surface area contributed by atoms with Crippen molar-refractivity contribution >= 4 is 17.7 Å². The van der Waals surface area contributed by atoms with E-state index in [1.54, 1.807) is 30.3 Å². The summed E-state index contributed by atoms with van der Waals surface area (Å²) in [4.78, 5) is 33.3. The van der Waals surface area contributed by atoms with Crippen molar-refractivity contribution in [2.45, 2.75) is 19.4 Å². The summed E-state index contributed by atoms with van der Waals surface area (Å²) < 4.78 is 0. The molecule has 1 atom stereocenters. The molecule has 0 radical (unpaired) electrons. The number of benzene rings is 1. The van der Waals surface area contributed by atoms with Crippen LogP contribution in [-0.4, -0.2) is 28.8 Å². The maximum Gasteiger partial charge on any atom is 0.334 e. The number of amides is 1. The largest absolute Gasteiger partial charge is 0.479 e. The zero-order valence-corrected chi connectivity index (χ0v) is 9.34. The Bertz CT molecular complexity index is 427. The van der Waals surface area contributed by atoms with Gasteiger partial charge in [-0.25, -0.2) is 4.79 Å². The fourth-order valence-electron chi connectivity index (χ4n) is 1.38. The Morgan fingerprint density at radius 2 is 1.82 bits per heavy atom. The zero-order valence-electron chi connectivity index (χ0n) is 9.34. The van der Waals surface area contributed by atoms with Crippen molar-refractivity contribution in [3.05, 3.63) is 35.9 Å². The molecule has 1 aromatic rings. The van der Waals surface area contributed by atoms with Gasteiger partial charge in [0.1, 0.15) is 0 Å². The molecule has 5 nitrogen and oxygen atoms in total. The maximum atomic E-state index is 11.7. The summed E-state index contributed by atoms with van der Waals surface area (Å²) in [6.07, 6.45) is -0.0158. The van der Waals surface area contributed by atoms with Gasteiger partial charge in [-0.15, -0.1) is 0 Å². The normalized spacial score (nSPS) is 11.6. The Balaban J connectivity index is 2.72. The molecule has 1 amide bonds. The molecule has 5 heteroatoms. The van der Waals surface area contributed by atoms with Crippen molar-refractivity contribution in [2.24, 2.45) is 0 Å². The van der Waals surface area contributed by atoms with Crippen molar-refractivity contribution in [3.8, 4) is 0 Å². The smallest absolute Gasteiger partial charge is 0.334 e. The highest BCUT2D eigenvalue weighted by Gasteiger charge is 2.26. The van der Waals surface area contributed by atoms with E-state index in [9.17, 15) is 14.4 Å². The molecule has 17 heavy (non-hydrogen) atoms. The standard InChI is InChI=1S/C12H13NO4/c1-8(14)13-11(12(16)17)10(15)7-9-5-3-2-4-6-9/h2-6,11H,7H2,1H3,(H,13,14)(H,16,17). The van der Waals surface area contributed by atoms with Crippen LogP contribution >= 0.6 is 0 Å². The topological polar surface area (TPSA) is 83.5 Å². The van der Waals surface area contributed by atoms with Gasteiger partial charge in [-0.3, -0.25) is 9.59 Å². The number of ketones is 1. The van der Waals surface area contributed by atoms with Gasteiger partial charge < -0.3 is 10.4 Å². The SMILES string of the molecule is CC(=O)NC(C(=O)O)C(=O)Cc1ccccc1. The monoisotopic (exact) mass is 235 g/mol. The van der Waals surface area contributed by atoms with Crippen molar-refractivity contribution in [2.75, 3.05) is 0 Å². The van der Waals surface area contributed by atoms with Gasteiger partial charge in [0.05, 0.1) is 0 Å². The first-order valence-corrected chi connectivity index (χ1v) is 5.07. The summed E-state index contributed by atoms with van der Waals surface area (Å²) in [5.74, 6) is -2.43. The van der Waals surface area contributed by atoms with E-state index in [0.717, 1.165) is 0 Å². The molecular weight excluding hydrogens is 222 g/mol. The van der Waals surface area contributed by atoms with Crippen LogP contribution in [0.3, 0.4) is 0 Å². The van der Waals surface area contributed by atoms with E-state index in [-0.39, 0.29) is 6.42 Å². The average Bonchev–Trinajstić information content (AvgIpc) is 2.26. The minimum atomic E-state index is -1.48. The van der Waals surface area contributed by atoms with E-state index in [0.29, 0.717) is 5.56 Å². The Hall–Kier alpha value is -2.17. The van der Waals surface area contributed by atoms with Crippen LogP contribution in [0.25, 0.3) is 0 Å². The van der Waals surface area contributed by atoms with Crippen molar-refractivity contribution in [1.82, 2.24) is 5.32 Å². The summed E-state index contributed by atoms with van der Waals surface area (Å²) in [5, 5.41) is 10.9. The lowest BCUT2D eigenvalue weighted by Crippen LogP contribution is -2.46. The van der Waals surface area contributed by atoms with Gasteiger partial charge in [0.25, 0.3) is 0 Å². The van der Waals surface area contributed by atoms with Crippen LogP contribution in [0.2, 0.25) is 0 Å². The average molecular weight is 235 g/mol. The second-order valence-electron chi connectivity index (χ2n) is 3.60. The predicted molar refractivity (Wildman–Crippen MR) is 60.4 cm³/mol. The van der Waals surface area contributed by atoms with E-state index in [1.807, 2.05) is 0 Å². The highest BCUT2D eigenvalue weighted by atomic mass is 16.4. The molecule has 0 aliphatic carbocycles. The van der Waals surface area contributed by atoms with E-state index in [2.05, 4.69) is 5.32 Å². The lowest BCUT2D eigenvalue weighted by Gasteiger charge is -2.11. The van der Waals surface area contributed by atoms with E-state index < -0.39 is 23.7 Å². The van der Waals surface area contributed by atoms with Gasteiger partial charge in [0, 0.05) is 13.3 Å². The van der Waals surface area contributed by atoms with Gasteiger partial charge in [0.2, 0.25) is 5.91 Å². The van der Waals surface area contributed by atoms with Crippen molar-refractivity contribution in [1.29, 1.82) is 0 Å².